The molecule has 30 heavy (non-hydrogen) atoms. The van der Waals surface area contributed by atoms with Gasteiger partial charge in [-0.3, -0.25) is 4.79 Å². The van der Waals surface area contributed by atoms with E-state index in [1.54, 1.807) is 18.4 Å². The van der Waals surface area contributed by atoms with Crippen LogP contribution in [0.4, 0.5) is 0 Å². The van der Waals surface area contributed by atoms with E-state index < -0.39 is 0 Å². The molecule has 5 nitrogen and oxygen atoms in total. The monoisotopic (exact) mass is 438 g/mol. The van der Waals surface area contributed by atoms with E-state index in [-0.39, 0.29) is 19.0 Å². The second-order valence-electron chi connectivity index (χ2n) is 7.10. The molecule has 0 aliphatic carbocycles. The van der Waals surface area contributed by atoms with Crippen molar-refractivity contribution in [3.05, 3.63) is 63.1 Å². The Kier molecular flexibility index (Phi) is 5.83. The van der Waals surface area contributed by atoms with Crippen LogP contribution in [0.3, 0.4) is 0 Å². The van der Waals surface area contributed by atoms with Gasteiger partial charge in [0.1, 0.15) is 17.4 Å². The van der Waals surface area contributed by atoms with Crippen LogP contribution in [0.1, 0.15) is 26.7 Å². The zero-order valence-corrected chi connectivity index (χ0v) is 18.9. The number of nitrogens with zero attached hydrogens (tertiary/aromatic N) is 2. The summed E-state index contributed by atoms with van der Waals surface area (Å²) in [5.41, 5.74) is 4.78. The van der Waals surface area contributed by atoms with Crippen molar-refractivity contribution in [1.82, 2.24) is 9.97 Å². The van der Waals surface area contributed by atoms with E-state index in [0.29, 0.717) is 0 Å². The van der Waals surface area contributed by atoms with E-state index in [0.717, 1.165) is 53.2 Å². The van der Waals surface area contributed by atoms with Crippen molar-refractivity contribution in [3.63, 3.8) is 0 Å². The lowest BCUT2D eigenvalue weighted by Gasteiger charge is -2.06. The molecule has 4 aromatic rings. The first-order valence-corrected chi connectivity index (χ1v) is 11.2. The van der Waals surface area contributed by atoms with Crippen LogP contribution in [0.25, 0.3) is 20.8 Å². The zero-order chi connectivity index (χ0) is 21.3. The van der Waals surface area contributed by atoms with Crippen LogP contribution in [-0.2, 0) is 22.6 Å². The van der Waals surface area contributed by atoms with Crippen LogP contribution in [-0.4, -0.2) is 23.0 Å². The van der Waals surface area contributed by atoms with Crippen molar-refractivity contribution in [3.8, 4) is 16.3 Å². The standard InChI is InChI=1S/C23H22N2O3S2/c1-13-5-7-17(19(9-13)27-4)23-24-14(2)21(30-23)11-22(26)28-12-16-6-8-20-18(10-16)25-15(3)29-20/h5-10H,11-12H2,1-4H3. The molecule has 0 fully saturated rings. The van der Waals surface area contributed by atoms with E-state index in [1.807, 2.05) is 57.2 Å². The average Bonchev–Trinajstić information content (AvgIpc) is 3.27. The van der Waals surface area contributed by atoms with E-state index >= 15 is 0 Å². The number of benzene rings is 2. The molecule has 0 bridgehead atoms. The second kappa shape index (κ2) is 8.53. The smallest absolute Gasteiger partial charge is 0.311 e. The summed E-state index contributed by atoms with van der Waals surface area (Å²) in [5, 5.41) is 1.87. The fraction of sp³-hybridized carbons (Fsp3) is 0.261. The first-order valence-electron chi connectivity index (χ1n) is 9.56. The molecule has 0 unspecified atom stereocenters. The molecular formula is C23H22N2O3S2. The second-order valence-corrected chi connectivity index (χ2v) is 9.42. The molecule has 2 aromatic carbocycles. The van der Waals surface area contributed by atoms with Crippen molar-refractivity contribution >= 4 is 38.9 Å². The number of hydrogen-bond donors (Lipinski definition) is 0. The Labute approximate surface area is 183 Å². The van der Waals surface area contributed by atoms with E-state index in [9.17, 15) is 4.79 Å². The third kappa shape index (κ3) is 4.37. The van der Waals surface area contributed by atoms with Gasteiger partial charge in [0.15, 0.2) is 0 Å². The SMILES string of the molecule is COc1cc(C)ccc1-c1nc(C)c(CC(=O)OCc2ccc3sc(C)nc3c2)s1. The minimum absolute atomic E-state index is 0.204. The lowest BCUT2D eigenvalue weighted by atomic mass is 10.1. The van der Waals surface area contributed by atoms with Crippen LogP contribution in [0.15, 0.2) is 36.4 Å². The number of carbonyl (C=O) groups excluding carboxylic acids is 1. The Morgan fingerprint density at radius 2 is 1.87 bits per heavy atom. The number of hydrogen-bond acceptors (Lipinski definition) is 7. The lowest BCUT2D eigenvalue weighted by Crippen LogP contribution is -2.07. The highest BCUT2D eigenvalue weighted by atomic mass is 32.1. The first kappa shape index (κ1) is 20.5. The number of aromatic nitrogens is 2. The van der Waals surface area contributed by atoms with E-state index in [1.165, 1.54) is 11.3 Å². The fourth-order valence-electron chi connectivity index (χ4n) is 3.21. The maximum absolute atomic E-state index is 12.4. The quantitative estimate of drug-likeness (QED) is 0.365. The van der Waals surface area contributed by atoms with E-state index in [4.69, 9.17) is 9.47 Å². The number of rotatable bonds is 6. The highest BCUT2D eigenvalue weighted by molar-refractivity contribution is 7.18. The largest absolute Gasteiger partial charge is 0.496 e. The fourth-order valence-corrected chi connectivity index (χ4v) is 5.09. The highest BCUT2D eigenvalue weighted by Gasteiger charge is 2.16. The summed E-state index contributed by atoms with van der Waals surface area (Å²) in [4.78, 5) is 22.5. The molecule has 0 N–H and O–H groups in total. The predicted octanol–water partition coefficient (Wildman–Crippen LogP) is 5.64. The van der Waals surface area contributed by atoms with Gasteiger partial charge in [0, 0.05) is 4.88 Å². The molecule has 0 aliphatic heterocycles. The summed E-state index contributed by atoms with van der Waals surface area (Å²) < 4.78 is 12.2. The molecule has 2 aromatic heterocycles. The maximum atomic E-state index is 12.4. The third-order valence-electron chi connectivity index (χ3n) is 4.74. The normalized spacial score (nSPS) is 11.1. The zero-order valence-electron chi connectivity index (χ0n) is 17.3. The summed E-state index contributed by atoms with van der Waals surface area (Å²) in [6.45, 7) is 6.17. The van der Waals surface area contributed by atoms with Gasteiger partial charge >= 0.3 is 5.97 Å². The number of aryl methyl sites for hydroxylation is 3. The minimum atomic E-state index is -0.265. The van der Waals surface area contributed by atoms with Crippen molar-refractivity contribution < 1.29 is 14.3 Å². The van der Waals surface area contributed by atoms with Crippen molar-refractivity contribution in [2.45, 2.75) is 33.8 Å². The number of ether oxygens (including phenoxy) is 2. The number of thiazole rings is 2. The first-order chi connectivity index (χ1) is 14.4. The Bertz CT molecular complexity index is 1230. The predicted molar refractivity (Wildman–Crippen MR) is 121 cm³/mol. The van der Waals surface area contributed by atoms with Crippen molar-refractivity contribution in [2.24, 2.45) is 0 Å². The molecular weight excluding hydrogens is 416 g/mol. The molecule has 7 heteroatoms. The molecule has 0 spiro atoms. The van der Waals surface area contributed by atoms with Gasteiger partial charge < -0.3 is 9.47 Å². The summed E-state index contributed by atoms with van der Waals surface area (Å²) in [6.07, 6.45) is 0.204. The summed E-state index contributed by atoms with van der Waals surface area (Å²) in [7, 11) is 1.65. The molecule has 0 radical (unpaired) electrons. The molecule has 0 amide bonds. The minimum Gasteiger partial charge on any atom is -0.496 e. The maximum Gasteiger partial charge on any atom is 0.311 e. The van der Waals surface area contributed by atoms with Gasteiger partial charge in [0.05, 0.1) is 40.0 Å². The molecule has 2 heterocycles. The molecule has 154 valence electrons. The topological polar surface area (TPSA) is 61.3 Å². The van der Waals surface area contributed by atoms with Crippen LogP contribution in [0.5, 0.6) is 5.75 Å². The Morgan fingerprint density at radius 1 is 1.03 bits per heavy atom. The summed E-state index contributed by atoms with van der Waals surface area (Å²) in [5.74, 6) is 0.518. The van der Waals surface area contributed by atoms with Gasteiger partial charge in [-0.15, -0.1) is 22.7 Å². The van der Waals surface area contributed by atoms with Gasteiger partial charge in [-0.25, -0.2) is 9.97 Å². The van der Waals surface area contributed by atoms with Crippen molar-refractivity contribution in [2.75, 3.05) is 7.11 Å². The molecule has 0 saturated carbocycles. The van der Waals surface area contributed by atoms with Crippen molar-refractivity contribution in [1.29, 1.82) is 0 Å². The van der Waals surface area contributed by atoms with Gasteiger partial charge in [-0.2, -0.15) is 0 Å². The van der Waals surface area contributed by atoms with Crippen LogP contribution in [0.2, 0.25) is 0 Å². The van der Waals surface area contributed by atoms with Crippen LogP contribution in [0, 0.1) is 20.8 Å². The van der Waals surface area contributed by atoms with Gasteiger partial charge in [0.25, 0.3) is 0 Å². The van der Waals surface area contributed by atoms with Crippen LogP contribution < -0.4 is 4.74 Å². The van der Waals surface area contributed by atoms with Gasteiger partial charge in [-0.1, -0.05) is 12.1 Å². The Hall–Kier alpha value is -2.77. The third-order valence-corrected chi connectivity index (χ3v) is 6.89. The number of fused-ring (bicyclic) bond motifs is 1. The Morgan fingerprint density at radius 3 is 2.67 bits per heavy atom. The van der Waals surface area contributed by atoms with Gasteiger partial charge in [-0.05, 0) is 56.2 Å². The molecule has 4 rings (SSSR count). The van der Waals surface area contributed by atoms with Crippen LogP contribution >= 0.6 is 22.7 Å². The molecule has 0 atom stereocenters. The summed E-state index contributed by atoms with van der Waals surface area (Å²) in [6, 6.07) is 12.0. The lowest BCUT2D eigenvalue weighted by molar-refractivity contribution is -0.144. The number of esters is 1. The summed E-state index contributed by atoms with van der Waals surface area (Å²) >= 11 is 3.16. The average molecular weight is 439 g/mol. The molecule has 0 aliphatic rings. The Balaban J connectivity index is 1.44. The number of carbonyl (C=O) groups is 1. The van der Waals surface area contributed by atoms with E-state index in [2.05, 4.69) is 9.97 Å². The van der Waals surface area contributed by atoms with Gasteiger partial charge in [0.2, 0.25) is 0 Å². The molecule has 0 saturated heterocycles. The number of methoxy groups -OCH3 is 1. The highest BCUT2D eigenvalue weighted by Crippen LogP contribution is 2.35.